The van der Waals surface area contributed by atoms with Gasteiger partial charge >= 0.3 is 12.4 Å². The number of hydrogen-bond donors (Lipinski definition) is 1. The molecule has 0 atom stereocenters. The van der Waals surface area contributed by atoms with Crippen molar-refractivity contribution >= 4 is 40.2 Å². The van der Waals surface area contributed by atoms with Gasteiger partial charge < -0.3 is 14.2 Å². The fraction of sp³-hybridized carbons (Fsp3) is 0.200. The molecule has 3 aromatic carbocycles. The summed E-state index contributed by atoms with van der Waals surface area (Å²) in [7, 11) is 2.83. The second-order valence-corrected chi connectivity index (χ2v) is 11.4. The molecule has 8 nitrogen and oxygen atoms in total. The Morgan fingerprint density at radius 2 is 1.70 bits per heavy atom. The predicted molar refractivity (Wildman–Crippen MR) is 158 cm³/mol. The number of methoxy groups -OCH3 is 2. The number of nitriles is 1. The number of halogens is 6. The van der Waals surface area contributed by atoms with Gasteiger partial charge in [-0.3, -0.25) is 10.1 Å². The number of aromatic nitrogens is 2. The number of rotatable bonds is 11. The van der Waals surface area contributed by atoms with Gasteiger partial charge in [0, 0.05) is 11.3 Å². The van der Waals surface area contributed by atoms with Crippen LogP contribution >= 0.6 is 23.1 Å². The Hall–Kier alpha value is -4.75. The molecule has 4 aromatic rings. The van der Waals surface area contributed by atoms with Gasteiger partial charge in [-0.1, -0.05) is 47.4 Å². The third kappa shape index (κ3) is 8.92. The fourth-order valence-corrected chi connectivity index (χ4v) is 5.56. The minimum absolute atomic E-state index is 0.0239. The van der Waals surface area contributed by atoms with E-state index in [4.69, 9.17) is 14.2 Å². The summed E-state index contributed by atoms with van der Waals surface area (Å²) >= 11 is 2.53. The van der Waals surface area contributed by atoms with E-state index in [1.54, 1.807) is 13.2 Å². The molecule has 0 unspecified atom stereocenters. The summed E-state index contributed by atoms with van der Waals surface area (Å²) in [5.74, 6) is 0.592. The van der Waals surface area contributed by atoms with Crippen molar-refractivity contribution in [1.82, 2.24) is 10.2 Å². The first kappa shape index (κ1) is 34.1. The Morgan fingerprint density at radius 1 is 0.957 bits per heavy atom. The number of carbonyl (C=O) groups is 1. The van der Waals surface area contributed by atoms with E-state index in [1.807, 2.05) is 24.3 Å². The molecule has 16 heteroatoms. The number of nitrogens with one attached hydrogen (secondary N) is 1. The molecule has 0 aliphatic carbocycles. The van der Waals surface area contributed by atoms with Crippen LogP contribution in [0.4, 0.5) is 31.5 Å². The van der Waals surface area contributed by atoms with Crippen molar-refractivity contribution in [2.75, 3.05) is 19.5 Å². The molecule has 1 heterocycles. The van der Waals surface area contributed by atoms with Gasteiger partial charge in [-0.2, -0.15) is 31.6 Å². The molecular formula is C30H22F6N4O4S2. The molecule has 1 aromatic heterocycles. The second kappa shape index (κ2) is 14.6. The van der Waals surface area contributed by atoms with E-state index in [0.29, 0.717) is 27.8 Å². The maximum atomic E-state index is 13.5. The van der Waals surface area contributed by atoms with Crippen LogP contribution in [-0.2, 0) is 29.5 Å². The van der Waals surface area contributed by atoms with Crippen LogP contribution in [-0.4, -0.2) is 30.3 Å². The molecule has 1 N–H and O–H groups in total. The van der Waals surface area contributed by atoms with Gasteiger partial charge in [0.05, 0.1) is 25.3 Å². The summed E-state index contributed by atoms with van der Waals surface area (Å²) in [6, 6.07) is 14.7. The van der Waals surface area contributed by atoms with Crippen molar-refractivity contribution in [1.29, 1.82) is 5.26 Å². The number of hydrogen-bond acceptors (Lipinski definition) is 9. The zero-order valence-corrected chi connectivity index (χ0v) is 25.5. The Labute approximate surface area is 266 Å². The standard InChI is InChI=1S/C30H22F6N4O4S2/c1-42-22-8-3-17(4-9-22)16-45-28-40-39-27(46-28)38-26(41)20(14-37)11-18-5-10-24(25(12-18)43-2)44-15-19-6-7-21(29(31,32)33)13-23(19)30(34,35)36/h3-13H,15-16H2,1-2H3,(H,38,39,41)/b20-11-. The molecule has 0 saturated heterocycles. The maximum Gasteiger partial charge on any atom is 0.416 e. The van der Waals surface area contributed by atoms with E-state index < -0.39 is 41.6 Å². The monoisotopic (exact) mass is 680 g/mol. The minimum atomic E-state index is -5.06. The van der Waals surface area contributed by atoms with Crippen molar-refractivity contribution in [3.05, 3.63) is 94.1 Å². The molecule has 0 aliphatic heterocycles. The van der Waals surface area contributed by atoms with E-state index in [0.717, 1.165) is 22.6 Å². The Morgan fingerprint density at radius 3 is 2.33 bits per heavy atom. The summed E-state index contributed by atoms with van der Waals surface area (Å²) in [4.78, 5) is 12.8. The fourth-order valence-electron chi connectivity index (χ4n) is 3.86. The molecule has 4 rings (SSSR count). The summed E-state index contributed by atoms with van der Waals surface area (Å²) in [6.07, 6.45) is -8.76. The van der Waals surface area contributed by atoms with E-state index in [1.165, 1.54) is 43.1 Å². The van der Waals surface area contributed by atoms with Crippen LogP contribution in [0.1, 0.15) is 27.8 Å². The van der Waals surface area contributed by atoms with E-state index in [9.17, 15) is 36.4 Å². The van der Waals surface area contributed by atoms with Crippen LogP contribution in [0.2, 0.25) is 0 Å². The molecule has 0 saturated carbocycles. The largest absolute Gasteiger partial charge is 0.497 e. The molecular weight excluding hydrogens is 658 g/mol. The summed E-state index contributed by atoms with van der Waals surface area (Å²) < 4.78 is 95.8. The third-order valence-corrected chi connectivity index (χ3v) is 8.18. The molecule has 46 heavy (non-hydrogen) atoms. The smallest absolute Gasteiger partial charge is 0.416 e. The summed E-state index contributed by atoms with van der Waals surface area (Å²) in [5, 5.41) is 20.3. The average Bonchev–Trinajstić information content (AvgIpc) is 3.48. The number of anilines is 1. The molecule has 0 aliphatic rings. The Bertz CT molecular complexity index is 1770. The van der Waals surface area contributed by atoms with Gasteiger partial charge in [-0.15, -0.1) is 10.2 Å². The van der Waals surface area contributed by atoms with Crippen molar-refractivity contribution in [2.24, 2.45) is 0 Å². The van der Waals surface area contributed by atoms with Crippen LogP contribution in [0.25, 0.3) is 6.08 Å². The Kier molecular flexibility index (Phi) is 10.8. The highest BCUT2D eigenvalue weighted by Gasteiger charge is 2.38. The first-order chi connectivity index (χ1) is 21.8. The second-order valence-electron chi connectivity index (χ2n) is 9.20. The molecule has 1 amide bonds. The number of amides is 1. The van der Waals surface area contributed by atoms with E-state index in [-0.39, 0.29) is 28.3 Å². The molecule has 240 valence electrons. The summed E-state index contributed by atoms with van der Waals surface area (Å²) in [6.45, 7) is -0.716. The number of benzene rings is 3. The van der Waals surface area contributed by atoms with Gasteiger partial charge in [-0.25, -0.2) is 0 Å². The van der Waals surface area contributed by atoms with Crippen LogP contribution in [0, 0.1) is 11.3 Å². The molecule has 0 spiro atoms. The van der Waals surface area contributed by atoms with Gasteiger partial charge in [0.1, 0.15) is 24.0 Å². The molecule has 0 fully saturated rings. The lowest BCUT2D eigenvalue weighted by Gasteiger charge is -2.17. The number of thioether (sulfide) groups is 1. The van der Waals surface area contributed by atoms with Crippen LogP contribution in [0.15, 0.2) is 70.6 Å². The zero-order chi connectivity index (χ0) is 33.5. The number of nitrogens with zero attached hydrogens (tertiary/aromatic N) is 3. The summed E-state index contributed by atoms with van der Waals surface area (Å²) in [5.41, 5.74) is -2.39. The van der Waals surface area contributed by atoms with E-state index >= 15 is 0 Å². The van der Waals surface area contributed by atoms with Crippen LogP contribution in [0.3, 0.4) is 0 Å². The Balaban J connectivity index is 1.42. The number of alkyl halides is 6. The average molecular weight is 681 g/mol. The minimum Gasteiger partial charge on any atom is -0.497 e. The quantitative estimate of drug-likeness (QED) is 0.0559. The topological polar surface area (TPSA) is 106 Å². The van der Waals surface area contributed by atoms with Crippen LogP contribution < -0.4 is 19.5 Å². The van der Waals surface area contributed by atoms with E-state index in [2.05, 4.69) is 15.5 Å². The lowest BCUT2D eigenvalue weighted by Crippen LogP contribution is -2.14. The van der Waals surface area contributed by atoms with Gasteiger partial charge in [0.15, 0.2) is 15.8 Å². The highest BCUT2D eigenvalue weighted by Crippen LogP contribution is 2.38. The molecule has 0 bridgehead atoms. The highest BCUT2D eigenvalue weighted by atomic mass is 32.2. The lowest BCUT2D eigenvalue weighted by atomic mass is 10.0. The van der Waals surface area contributed by atoms with Crippen molar-refractivity contribution in [3.63, 3.8) is 0 Å². The highest BCUT2D eigenvalue weighted by molar-refractivity contribution is 8.00. The predicted octanol–water partition coefficient (Wildman–Crippen LogP) is 8.01. The number of carbonyl (C=O) groups excluding carboxylic acids is 1. The maximum absolute atomic E-state index is 13.5. The first-order valence-electron chi connectivity index (χ1n) is 12.9. The zero-order valence-electron chi connectivity index (χ0n) is 23.8. The van der Waals surface area contributed by atoms with Crippen molar-refractivity contribution in [2.45, 2.75) is 29.1 Å². The van der Waals surface area contributed by atoms with Crippen LogP contribution in [0.5, 0.6) is 17.2 Å². The third-order valence-electron chi connectivity index (χ3n) is 6.14. The lowest BCUT2D eigenvalue weighted by molar-refractivity contribution is -0.143. The number of ether oxygens (including phenoxy) is 3. The normalized spacial score (nSPS) is 11.9. The SMILES string of the molecule is COc1ccc(CSc2nnc(NC(=O)/C(C#N)=C\c3ccc(OCc4ccc(C(F)(F)F)cc4C(F)(F)F)c(OC)c3)s2)cc1. The van der Waals surface area contributed by atoms with Crippen molar-refractivity contribution in [3.8, 4) is 23.3 Å². The van der Waals surface area contributed by atoms with Gasteiger partial charge in [0.25, 0.3) is 5.91 Å². The van der Waals surface area contributed by atoms with Gasteiger partial charge in [-0.05, 0) is 53.6 Å². The van der Waals surface area contributed by atoms with Crippen molar-refractivity contribution < 1.29 is 45.3 Å². The first-order valence-corrected chi connectivity index (χ1v) is 14.7. The van der Waals surface area contributed by atoms with Gasteiger partial charge in [0.2, 0.25) is 5.13 Å². The molecule has 0 radical (unpaired) electrons.